The van der Waals surface area contributed by atoms with Crippen LogP contribution in [0.3, 0.4) is 0 Å². The highest BCUT2D eigenvalue weighted by Gasteiger charge is 2.39. The first-order valence-electron chi connectivity index (χ1n) is 3.96. The fourth-order valence-electron chi connectivity index (χ4n) is 0.867. The van der Waals surface area contributed by atoms with Gasteiger partial charge >= 0.3 is 5.97 Å². The minimum atomic E-state index is -0.121. The third kappa shape index (κ3) is 2.89. The Morgan fingerprint density at radius 2 is 2.36 bits per heavy atom. The van der Waals surface area contributed by atoms with E-state index in [9.17, 15) is 4.79 Å². The van der Waals surface area contributed by atoms with Crippen molar-refractivity contribution >= 4 is 5.97 Å². The predicted molar refractivity (Wildman–Crippen MR) is 40.2 cm³/mol. The van der Waals surface area contributed by atoms with Gasteiger partial charge in [-0.25, -0.2) is 0 Å². The monoisotopic (exact) mass is 158 g/mol. The fourth-order valence-corrected chi connectivity index (χ4v) is 0.867. The average Bonchev–Trinajstić information content (AvgIpc) is 2.66. The summed E-state index contributed by atoms with van der Waals surface area (Å²) in [4.78, 5) is 10.8. The molecule has 0 unspecified atom stereocenters. The van der Waals surface area contributed by atoms with Crippen LogP contribution in [0.25, 0.3) is 0 Å². The van der Waals surface area contributed by atoms with Gasteiger partial charge in [-0.05, 0) is 20.3 Å². The molecule has 3 nitrogen and oxygen atoms in total. The lowest BCUT2D eigenvalue weighted by Crippen LogP contribution is -2.10. The molecular formula is C8H14O3. The molecule has 11 heavy (non-hydrogen) atoms. The van der Waals surface area contributed by atoms with E-state index in [1.54, 1.807) is 0 Å². The zero-order valence-electron chi connectivity index (χ0n) is 7.05. The van der Waals surface area contributed by atoms with Gasteiger partial charge in [0.2, 0.25) is 0 Å². The van der Waals surface area contributed by atoms with Crippen LogP contribution in [0.2, 0.25) is 0 Å². The number of esters is 1. The standard InChI is InChI=1S/C8H14O3/c1-3-10-7(9)4-5-8(2)6-11-8/h3-6H2,1-2H3/t8-/m0/s1. The molecule has 0 amide bonds. The van der Waals surface area contributed by atoms with E-state index in [-0.39, 0.29) is 11.6 Å². The van der Waals surface area contributed by atoms with Gasteiger partial charge in [-0.1, -0.05) is 0 Å². The number of ether oxygens (including phenoxy) is 2. The highest BCUT2D eigenvalue weighted by Crippen LogP contribution is 2.30. The molecule has 0 aromatic heterocycles. The summed E-state index contributed by atoms with van der Waals surface area (Å²) in [6.07, 6.45) is 1.26. The molecular weight excluding hydrogens is 144 g/mol. The van der Waals surface area contributed by atoms with Gasteiger partial charge in [0, 0.05) is 6.42 Å². The van der Waals surface area contributed by atoms with E-state index in [0.717, 1.165) is 13.0 Å². The summed E-state index contributed by atoms with van der Waals surface area (Å²) < 4.78 is 9.89. The molecule has 0 N–H and O–H groups in total. The Labute approximate surface area is 66.7 Å². The number of epoxide rings is 1. The van der Waals surface area contributed by atoms with Gasteiger partial charge in [0.15, 0.2) is 0 Å². The minimum Gasteiger partial charge on any atom is -0.466 e. The molecule has 0 aliphatic carbocycles. The van der Waals surface area contributed by atoms with Crippen LogP contribution in [0.5, 0.6) is 0 Å². The van der Waals surface area contributed by atoms with Crippen molar-refractivity contribution in [3.05, 3.63) is 0 Å². The fraction of sp³-hybridized carbons (Fsp3) is 0.875. The van der Waals surface area contributed by atoms with Crippen LogP contribution < -0.4 is 0 Å². The van der Waals surface area contributed by atoms with Crippen molar-refractivity contribution < 1.29 is 14.3 Å². The topological polar surface area (TPSA) is 38.8 Å². The SMILES string of the molecule is CCOC(=O)CC[C@@]1(C)CO1. The second-order valence-corrected chi connectivity index (χ2v) is 3.04. The van der Waals surface area contributed by atoms with E-state index in [2.05, 4.69) is 0 Å². The summed E-state index contributed by atoms with van der Waals surface area (Å²) in [6, 6.07) is 0. The van der Waals surface area contributed by atoms with Gasteiger partial charge in [0.1, 0.15) is 0 Å². The molecule has 0 saturated carbocycles. The van der Waals surface area contributed by atoms with E-state index >= 15 is 0 Å². The maximum atomic E-state index is 10.8. The Morgan fingerprint density at radius 1 is 1.73 bits per heavy atom. The zero-order chi connectivity index (χ0) is 8.32. The summed E-state index contributed by atoms with van der Waals surface area (Å²) in [5, 5.41) is 0. The summed E-state index contributed by atoms with van der Waals surface area (Å²) in [6.45, 7) is 5.07. The van der Waals surface area contributed by atoms with Crippen LogP contribution in [0, 0.1) is 0 Å². The molecule has 1 rings (SSSR count). The molecule has 1 aliphatic heterocycles. The molecule has 0 radical (unpaired) electrons. The predicted octanol–water partition coefficient (Wildman–Crippen LogP) is 1.12. The number of carbonyl (C=O) groups is 1. The molecule has 1 aliphatic rings. The summed E-state index contributed by atoms with van der Waals surface area (Å²) in [5.41, 5.74) is -0.0211. The Kier molecular flexibility index (Phi) is 2.49. The van der Waals surface area contributed by atoms with E-state index in [4.69, 9.17) is 9.47 Å². The van der Waals surface area contributed by atoms with E-state index in [0.29, 0.717) is 13.0 Å². The van der Waals surface area contributed by atoms with Crippen molar-refractivity contribution in [1.29, 1.82) is 0 Å². The van der Waals surface area contributed by atoms with E-state index in [1.165, 1.54) is 0 Å². The largest absolute Gasteiger partial charge is 0.466 e. The highest BCUT2D eigenvalue weighted by molar-refractivity contribution is 5.69. The second-order valence-electron chi connectivity index (χ2n) is 3.04. The van der Waals surface area contributed by atoms with Crippen LogP contribution in [-0.2, 0) is 14.3 Å². The van der Waals surface area contributed by atoms with E-state index in [1.807, 2.05) is 13.8 Å². The molecule has 1 heterocycles. The normalized spacial score (nSPS) is 28.2. The Balaban J connectivity index is 2.06. The maximum Gasteiger partial charge on any atom is 0.305 e. The summed E-state index contributed by atoms with van der Waals surface area (Å²) >= 11 is 0. The molecule has 1 saturated heterocycles. The number of hydrogen-bond acceptors (Lipinski definition) is 3. The molecule has 1 atom stereocenters. The molecule has 1 fully saturated rings. The number of rotatable bonds is 4. The van der Waals surface area contributed by atoms with Gasteiger partial charge in [-0.2, -0.15) is 0 Å². The molecule has 3 heteroatoms. The lowest BCUT2D eigenvalue weighted by Gasteiger charge is -2.03. The van der Waals surface area contributed by atoms with Gasteiger partial charge in [-0.3, -0.25) is 4.79 Å². The lowest BCUT2D eigenvalue weighted by molar-refractivity contribution is -0.143. The first-order chi connectivity index (χ1) is 5.16. The van der Waals surface area contributed by atoms with Crippen LogP contribution in [0.4, 0.5) is 0 Å². The summed E-state index contributed by atoms with van der Waals surface area (Å²) in [7, 11) is 0. The molecule has 0 aromatic carbocycles. The van der Waals surface area contributed by atoms with Gasteiger partial charge in [0.05, 0.1) is 18.8 Å². The van der Waals surface area contributed by atoms with Crippen LogP contribution in [0.1, 0.15) is 26.7 Å². The molecule has 64 valence electrons. The van der Waals surface area contributed by atoms with Gasteiger partial charge < -0.3 is 9.47 Å². The van der Waals surface area contributed by atoms with Crippen LogP contribution in [0.15, 0.2) is 0 Å². The summed E-state index contributed by atoms with van der Waals surface area (Å²) in [5.74, 6) is -0.121. The van der Waals surface area contributed by atoms with Crippen LogP contribution >= 0.6 is 0 Å². The molecule has 0 spiro atoms. The maximum absolute atomic E-state index is 10.8. The number of hydrogen-bond donors (Lipinski definition) is 0. The van der Waals surface area contributed by atoms with Crippen molar-refractivity contribution in [3.63, 3.8) is 0 Å². The van der Waals surface area contributed by atoms with Gasteiger partial charge in [-0.15, -0.1) is 0 Å². The first kappa shape index (κ1) is 8.53. The molecule has 0 aromatic rings. The third-order valence-electron chi connectivity index (χ3n) is 1.80. The molecule has 0 bridgehead atoms. The Bertz CT molecular complexity index is 149. The lowest BCUT2D eigenvalue weighted by atomic mass is 10.1. The average molecular weight is 158 g/mol. The van der Waals surface area contributed by atoms with Crippen molar-refractivity contribution in [2.24, 2.45) is 0 Å². The zero-order valence-corrected chi connectivity index (χ0v) is 7.05. The highest BCUT2D eigenvalue weighted by atomic mass is 16.6. The van der Waals surface area contributed by atoms with Gasteiger partial charge in [0.25, 0.3) is 0 Å². The van der Waals surface area contributed by atoms with Crippen LogP contribution in [-0.4, -0.2) is 24.8 Å². The minimum absolute atomic E-state index is 0.0211. The van der Waals surface area contributed by atoms with Crippen molar-refractivity contribution in [1.82, 2.24) is 0 Å². The van der Waals surface area contributed by atoms with Crippen molar-refractivity contribution in [2.45, 2.75) is 32.3 Å². The third-order valence-corrected chi connectivity index (χ3v) is 1.80. The Hall–Kier alpha value is -0.570. The second kappa shape index (κ2) is 3.22. The van der Waals surface area contributed by atoms with Crippen molar-refractivity contribution in [2.75, 3.05) is 13.2 Å². The quantitative estimate of drug-likeness (QED) is 0.454. The first-order valence-corrected chi connectivity index (χ1v) is 3.96. The number of carbonyl (C=O) groups excluding carboxylic acids is 1. The smallest absolute Gasteiger partial charge is 0.305 e. The Morgan fingerprint density at radius 3 is 2.82 bits per heavy atom. The van der Waals surface area contributed by atoms with Crippen molar-refractivity contribution in [3.8, 4) is 0 Å². The van der Waals surface area contributed by atoms with E-state index < -0.39 is 0 Å².